The molecule has 0 aliphatic rings. The largest absolute Gasteiger partial charge is 0.411 e. The molecule has 0 fully saturated rings. The summed E-state index contributed by atoms with van der Waals surface area (Å²) >= 11 is 0. The highest BCUT2D eigenvalue weighted by molar-refractivity contribution is 5.99. The lowest BCUT2D eigenvalue weighted by Gasteiger charge is -2.11. The number of aryl methyl sites for hydroxylation is 1. The Kier molecular flexibility index (Phi) is 4.00. The average Bonchev–Trinajstić information content (AvgIpc) is 2.98. The van der Waals surface area contributed by atoms with Crippen molar-refractivity contribution in [2.45, 2.75) is 20.0 Å². The van der Waals surface area contributed by atoms with Crippen molar-refractivity contribution in [1.82, 2.24) is 14.8 Å². The fourth-order valence-electron chi connectivity index (χ4n) is 2.42. The molecule has 0 radical (unpaired) electrons. The second-order valence-electron chi connectivity index (χ2n) is 4.87. The number of rotatable bonds is 5. The number of anilines is 1. The van der Waals surface area contributed by atoms with Crippen LogP contribution >= 0.6 is 0 Å². The summed E-state index contributed by atoms with van der Waals surface area (Å²) in [7, 11) is 0. The van der Waals surface area contributed by atoms with E-state index in [0.29, 0.717) is 6.54 Å². The molecule has 0 saturated heterocycles. The predicted molar refractivity (Wildman–Crippen MR) is 86.4 cm³/mol. The van der Waals surface area contributed by atoms with Crippen LogP contribution in [-0.4, -0.2) is 26.2 Å². The molecule has 2 aromatic heterocycles. The molecule has 6 heteroatoms. The number of pyridine rings is 1. The maximum atomic E-state index is 8.85. The summed E-state index contributed by atoms with van der Waals surface area (Å²) < 4.78 is 1.84. The molecule has 3 rings (SSSR count). The van der Waals surface area contributed by atoms with Gasteiger partial charge in [0.15, 0.2) is 5.65 Å². The smallest absolute Gasteiger partial charge is 0.159 e. The van der Waals surface area contributed by atoms with Crippen LogP contribution in [0.4, 0.5) is 5.69 Å². The van der Waals surface area contributed by atoms with E-state index in [1.165, 1.54) is 11.8 Å². The van der Waals surface area contributed by atoms with E-state index in [-0.39, 0.29) is 0 Å². The Labute approximate surface area is 128 Å². The molecule has 0 amide bonds. The highest BCUT2D eigenvalue weighted by Gasteiger charge is 2.11. The molecule has 6 nitrogen and oxygen atoms in total. The van der Waals surface area contributed by atoms with Crippen molar-refractivity contribution in [2.75, 3.05) is 5.32 Å². The van der Waals surface area contributed by atoms with E-state index in [1.807, 2.05) is 29.8 Å². The summed E-state index contributed by atoms with van der Waals surface area (Å²) in [6, 6.07) is 10.1. The fourth-order valence-corrected chi connectivity index (χ4v) is 2.42. The second kappa shape index (κ2) is 6.26. The Morgan fingerprint density at radius 1 is 1.27 bits per heavy atom. The van der Waals surface area contributed by atoms with Gasteiger partial charge in [-0.15, -0.1) is 0 Å². The summed E-state index contributed by atoms with van der Waals surface area (Å²) in [5.41, 5.74) is 3.57. The monoisotopic (exact) mass is 295 g/mol. The van der Waals surface area contributed by atoms with Crippen LogP contribution in [0.5, 0.6) is 0 Å². The van der Waals surface area contributed by atoms with Crippen LogP contribution in [0.25, 0.3) is 11.0 Å². The number of fused-ring (bicyclic) bond motifs is 1. The SMILES string of the molecule is CCn1ncc2c(NCc3ccccc3)c(/C=N/O)cnc21. The van der Waals surface area contributed by atoms with E-state index in [1.54, 1.807) is 12.4 Å². The number of nitrogens with one attached hydrogen (secondary N) is 1. The second-order valence-corrected chi connectivity index (χ2v) is 4.87. The third kappa shape index (κ3) is 2.63. The van der Waals surface area contributed by atoms with E-state index in [0.717, 1.165) is 28.8 Å². The van der Waals surface area contributed by atoms with Crippen LogP contribution in [0, 0.1) is 0 Å². The van der Waals surface area contributed by atoms with Crippen LogP contribution < -0.4 is 5.32 Å². The van der Waals surface area contributed by atoms with Gasteiger partial charge in [-0.05, 0) is 12.5 Å². The molecule has 0 aliphatic heterocycles. The van der Waals surface area contributed by atoms with Gasteiger partial charge in [-0.25, -0.2) is 9.67 Å². The van der Waals surface area contributed by atoms with Gasteiger partial charge in [-0.3, -0.25) is 0 Å². The molecular formula is C16H17N5O. The first kappa shape index (κ1) is 14.1. The molecular weight excluding hydrogens is 278 g/mol. The molecule has 0 aliphatic carbocycles. The topological polar surface area (TPSA) is 75.3 Å². The van der Waals surface area contributed by atoms with Gasteiger partial charge in [-0.2, -0.15) is 5.10 Å². The number of hydrogen-bond donors (Lipinski definition) is 2. The van der Waals surface area contributed by atoms with Crippen LogP contribution in [-0.2, 0) is 13.1 Å². The van der Waals surface area contributed by atoms with E-state index in [9.17, 15) is 0 Å². The lowest BCUT2D eigenvalue weighted by Crippen LogP contribution is -2.04. The van der Waals surface area contributed by atoms with E-state index >= 15 is 0 Å². The van der Waals surface area contributed by atoms with Crippen molar-refractivity contribution in [2.24, 2.45) is 5.16 Å². The predicted octanol–water partition coefficient (Wildman–Crippen LogP) is 2.87. The number of oxime groups is 1. The van der Waals surface area contributed by atoms with E-state index in [2.05, 4.69) is 32.7 Å². The Morgan fingerprint density at radius 3 is 2.82 bits per heavy atom. The quantitative estimate of drug-likeness (QED) is 0.431. The first-order chi connectivity index (χ1) is 10.8. The van der Waals surface area contributed by atoms with Crippen molar-refractivity contribution in [3.63, 3.8) is 0 Å². The van der Waals surface area contributed by atoms with Crippen LogP contribution in [0.15, 0.2) is 47.9 Å². The molecule has 2 N–H and O–H groups in total. The number of nitrogens with zero attached hydrogens (tertiary/aromatic N) is 4. The molecule has 3 aromatic rings. The molecule has 0 unspecified atom stereocenters. The maximum absolute atomic E-state index is 8.85. The lowest BCUT2D eigenvalue weighted by atomic mass is 10.1. The Bertz CT molecular complexity index is 795. The Hall–Kier alpha value is -2.89. The van der Waals surface area contributed by atoms with E-state index in [4.69, 9.17) is 5.21 Å². The highest BCUT2D eigenvalue weighted by Crippen LogP contribution is 2.25. The molecule has 2 heterocycles. The van der Waals surface area contributed by atoms with Crippen molar-refractivity contribution in [3.8, 4) is 0 Å². The first-order valence-electron chi connectivity index (χ1n) is 7.13. The standard InChI is InChI=1S/C16H17N5O/c1-2-21-16-14(11-19-21)15(13(9-18-16)10-20-22)17-8-12-6-4-3-5-7-12/h3-7,9-11,22H,2,8H2,1H3,(H,17,18)/b20-10+. The zero-order valence-corrected chi connectivity index (χ0v) is 12.3. The minimum absolute atomic E-state index is 0.670. The molecule has 0 spiro atoms. The van der Waals surface area contributed by atoms with Crippen molar-refractivity contribution in [1.29, 1.82) is 0 Å². The number of aromatic nitrogens is 3. The average molecular weight is 295 g/mol. The van der Waals surface area contributed by atoms with Gasteiger partial charge in [0, 0.05) is 24.8 Å². The normalized spacial score (nSPS) is 11.3. The van der Waals surface area contributed by atoms with Crippen molar-refractivity contribution < 1.29 is 5.21 Å². The molecule has 0 atom stereocenters. The van der Waals surface area contributed by atoms with Gasteiger partial charge in [0.05, 0.1) is 23.5 Å². The third-order valence-corrected chi connectivity index (χ3v) is 3.50. The zero-order valence-electron chi connectivity index (χ0n) is 12.3. The number of hydrogen-bond acceptors (Lipinski definition) is 5. The minimum atomic E-state index is 0.670. The summed E-state index contributed by atoms with van der Waals surface area (Å²) in [6.07, 6.45) is 4.85. The molecule has 1 aromatic carbocycles. The van der Waals surface area contributed by atoms with Gasteiger partial charge in [0.2, 0.25) is 0 Å². The van der Waals surface area contributed by atoms with Gasteiger partial charge < -0.3 is 10.5 Å². The van der Waals surface area contributed by atoms with Gasteiger partial charge >= 0.3 is 0 Å². The van der Waals surface area contributed by atoms with Crippen LogP contribution in [0.3, 0.4) is 0 Å². The molecule has 0 saturated carbocycles. The summed E-state index contributed by atoms with van der Waals surface area (Å²) in [6.45, 7) is 3.44. The highest BCUT2D eigenvalue weighted by atomic mass is 16.4. The van der Waals surface area contributed by atoms with Crippen LogP contribution in [0.2, 0.25) is 0 Å². The maximum Gasteiger partial charge on any atom is 0.159 e. The van der Waals surface area contributed by atoms with Crippen molar-refractivity contribution >= 4 is 22.9 Å². The first-order valence-corrected chi connectivity index (χ1v) is 7.13. The Morgan fingerprint density at radius 2 is 2.09 bits per heavy atom. The summed E-state index contributed by atoms with van der Waals surface area (Å²) in [5.74, 6) is 0. The molecule has 0 bridgehead atoms. The lowest BCUT2D eigenvalue weighted by molar-refractivity contribution is 0.322. The van der Waals surface area contributed by atoms with E-state index < -0.39 is 0 Å². The minimum Gasteiger partial charge on any atom is -0.411 e. The summed E-state index contributed by atoms with van der Waals surface area (Å²) in [5, 5.41) is 20.6. The number of benzene rings is 1. The molecule has 112 valence electrons. The van der Waals surface area contributed by atoms with Gasteiger partial charge in [-0.1, -0.05) is 35.5 Å². The van der Waals surface area contributed by atoms with Gasteiger partial charge in [0.25, 0.3) is 0 Å². The summed E-state index contributed by atoms with van der Waals surface area (Å²) in [4.78, 5) is 4.40. The van der Waals surface area contributed by atoms with Crippen LogP contribution in [0.1, 0.15) is 18.1 Å². The van der Waals surface area contributed by atoms with Gasteiger partial charge in [0.1, 0.15) is 0 Å². The van der Waals surface area contributed by atoms with Crippen molar-refractivity contribution in [3.05, 3.63) is 53.9 Å². The zero-order chi connectivity index (χ0) is 15.4. The Balaban J connectivity index is 2.00. The fraction of sp³-hybridized carbons (Fsp3) is 0.188. The third-order valence-electron chi connectivity index (χ3n) is 3.50. The molecule has 22 heavy (non-hydrogen) atoms.